The molecule has 5 heteroatoms. The summed E-state index contributed by atoms with van der Waals surface area (Å²) in [7, 11) is 0. The van der Waals surface area contributed by atoms with Crippen LogP contribution in [-0.4, -0.2) is 36.8 Å². The summed E-state index contributed by atoms with van der Waals surface area (Å²) in [6.45, 7) is 1.91. The van der Waals surface area contributed by atoms with Gasteiger partial charge in [0, 0.05) is 31.1 Å². The first kappa shape index (κ1) is 18.2. The molecule has 1 saturated heterocycles. The van der Waals surface area contributed by atoms with Crippen molar-refractivity contribution < 1.29 is 9.90 Å². The van der Waals surface area contributed by atoms with Gasteiger partial charge in [0.2, 0.25) is 0 Å². The van der Waals surface area contributed by atoms with E-state index in [2.05, 4.69) is 22.8 Å². The zero-order valence-electron chi connectivity index (χ0n) is 13.5. The summed E-state index contributed by atoms with van der Waals surface area (Å²) >= 11 is 0. The van der Waals surface area contributed by atoms with Gasteiger partial charge in [0.25, 0.3) is 5.91 Å². The Labute approximate surface area is 144 Å². The number of benzene rings is 1. The average molecular weight is 339 g/mol. The first-order chi connectivity index (χ1) is 10.7. The highest BCUT2D eigenvalue weighted by Gasteiger charge is 2.25. The third kappa shape index (κ3) is 4.69. The first-order valence-corrected chi connectivity index (χ1v) is 8.51. The van der Waals surface area contributed by atoms with Crippen LogP contribution in [0.5, 0.6) is 0 Å². The third-order valence-electron chi connectivity index (χ3n) is 5.08. The molecule has 4 nitrogen and oxygen atoms in total. The Morgan fingerprint density at radius 3 is 2.43 bits per heavy atom. The largest absolute Gasteiger partial charge is 0.391 e. The summed E-state index contributed by atoms with van der Waals surface area (Å²) in [5, 5.41) is 15.8. The molecule has 2 fully saturated rings. The molecule has 0 aromatic heterocycles. The molecule has 1 heterocycles. The molecule has 1 aromatic rings. The van der Waals surface area contributed by atoms with Crippen molar-refractivity contribution in [1.29, 1.82) is 0 Å². The van der Waals surface area contributed by atoms with Gasteiger partial charge in [-0.15, -0.1) is 12.4 Å². The number of amides is 1. The molecule has 1 aliphatic heterocycles. The predicted octanol–water partition coefficient (Wildman–Crippen LogP) is 2.47. The van der Waals surface area contributed by atoms with Gasteiger partial charge in [-0.1, -0.05) is 31.4 Å². The van der Waals surface area contributed by atoms with Crippen molar-refractivity contribution in [2.45, 2.75) is 44.1 Å². The van der Waals surface area contributed by atoms with Gasteiger partial charge < -0.3 is 15.7 Å². The number of aliphatic hydroxyl groups is 1. The molecule has 0 radical (unpaired) electrons. The second-order valence-electron chi connectivity index (χ2n) is 6.65. The lowest BCUT2D eigenvalue weighted by atomic mass is 9.84. The van der Waals surface area contributed by atoms with Crippen LogP contribution in [0.15, 0.2) is 24.3 Å². The van der Waals surface area contributed by atoms with E-state index in [4.69, 9.17) is 0 Å². The standard InChI is InChI=1S/C18H26N2O2.ClH/c21-17-12-19-10-16(17)11-20-18(22)15-8-6-14(7-9-15)13-4-2-1-3-5-13;/h6-9,13,16-17,19,21H,1-5,10-12H2,(H,20,22);1H. The molecule has 1 aromatic carbocycles. The average Bonchev–Trinajstić information content (AvgIpc) is 2.99. The van der Waals surface area contributed by atoms with Crippen LogP contribution < -0.4 is 10.6 Å². The van der Waals surface area contributed by atoms with Crippen LogP contribution in [0.1, 0.15) is 53.9 Å². The molecule has 1 aliphatic carbocycles. The number of β-amino-alcohol motifs (C(OH)–C–C–N with tert-alkyl or cyclic N) is 1. The van der Waals surface area contributed by atoms with Crippen molar-refractivity contribution in [3.63, 3.8) is 0 Å². The van der Waals surface area contributed by atoms with Gasteiger partial charge >= 0.3 is 0 Å². The predicted molar refractivity (Wildman–Crippen MR) is 94.2 cm³/mol. The van der Waals surface area contributed by atoms with Crippen LogP contribution in [0, 0.1) is 5.92 Å². The summed E-state index contributed by atoms with van der Waals surface area (Å²) < 4.78 is 0. The van der Waals surface area contributed by atoms with E-state index in [1.54, 1.807) is 0 Å². The normalized spacial score (nSPS) is 24.9. The lowest BCUT2D eigenvalue weighted by Crippen LogP contribution is -2.34. The van der Waals surface area contributed by atoms with Crippen LogP contribution in [-0.2, 0) is 0 Å². The van der Waals surface area contributed by atoms with Crippen molar-refractivity contribution in [2.24, 2.45) is 5.92 Å². The molecule has 0 spiro atoms. The molecule has 2 aliphatic rings. The lowest BCUT2D eigenvalue weighted by molar-refractivity contribution is 0.0927. The molecule has 3 rings (SSSR count). The summed E-state index contributed by atoms with van der Waals surface area (Å²) in [5.74, 6) is 0.741. The highest BCUT2D eigenvalue weighted by atomic mass is 35.5. The number of hydrogen-bond acceptors (Lipinski definition) is 3. The number of carbonyl (C=O) groups is 1. The summed E-state index contributed by atoms with van der Waals surface area (Å²) in [6, 6.07) is 8.08. The Morgan fingerprint density at radius 1 is 1.13 bits per heavy atom. The fourth-order valence-electron chi connectivity index (χ4n) is 3.60. The van der Waals surface area contributed by atoms with Gasteiger partial charge in [-0.2, -0.15) is 0 Å². The van der Waals surface area contributed by atoms with Crippen molar-refractivity contribution >= 4 is 18.3 Å². The zero-order chi connectivity index (χ0) is 15.4. The van der Waals surface area contributed by atoms with E-state index in [1.807, 2.05) is 12.1 Å². The van der Waals surface area contributed by atoms with Crippen LogP contribution >= 0.6 is 12.4 Å². The fraction of sp³-hybridized carbons (Fsp3) is 0.611. The number of nitrogens with one attached hydrogen (secondary N) is 2. The van der Waals surface area contributed by atoms with Gasteiger partial charge in [-0.05, 0) is 36.5 Å². The van der Waals surface area contributed by atoms with Gasteiger partial charge in [0.15, 0.2) is 0 Å². The van der Waals surface area contributed by atoms with E-state index < -0.39 is 0 Å². The number of halogens is 1. The summed E-state index contributed by atoms with van der Waals surface area (Å²) in [5.41, 5.74) is 2.08. The van der Waals surface area contributed by atoms with Gasteiger partial charge in [-0.25, -0.2) is 0 Å². The molecular weight excluding hydrogens is 312 g/mol. The van der Waals surface area contributed by atoms with Gasteiger partial charge in [0.05, 0.1) is 6.10 Å². The minimum atomic E-state index is -0.353. The van der Waals surface area contributed by atoms with Crippen molar-refractivity contribution in [1.82, 2.24) is 10.6 Å². The molecule has 1 amide bonds. The molecule has 1 saturated carbocycles. The van der Waals surface area contributed by atoms with E-state index >= 15 is 0 Å². The maximum atomic E-state index is 12.2. The van der Waals surface area contributed by atoms with Gasteiger partial charge in [-0.3, -0.25) is 4.79 Å². The van der Waals surface area contributed by atoms with Crippen LogP contribution in [0.2, 0.25) is 0 Å². The molecule has 0 bridgehead atoms. The van der Waals surface area contributed by atoms with Crippen molar-refractivity contribution in [3.05, 3.63) is 35.4 Å². The Morgan fingerprint density at radius 2 is 1.83 bits per heavy atom. The highest BCUT2D eigenvalue weighted by molar-refractivity contribution is 5.94. The quantitative estimate of drug-likeness (QED) is 0.790. The minimum absolute atomic E-state index is 0. The lowest BCUT2D eigenvalue weighted by Gasteiger charge is -2.22. The third-order valence-corrected chi connectivity index (χ3v) is 5.08. The van der Waals surface area contributed by atoms with Crippen molar-refractivity contribution in [3.8, 4) is 0 Å². The second-order valence-corrected chi connectivity index (χ2v) is 6.65. The smallest absolute Gasteiger partial charge is 0.251 e. The van der Waals surface area contributed by atoms with E-state index in [0.29, 0.717) is 24.6 Å². The number of carbonyl (C=O) groups excluding carboxylic acids is 1. The molecule has 128 valence electrons. The zero-order valence-corrected chi connectivity index (χ0v) is 14.3. The maximum Gasteiger partial charge on any atom is 0.251 e. The minimum Gasteiger partial charge on any atom is -0.391 e. The van der Waals surface area contributed by atoms with E-state index in [-0.39, 0.29) is 30.3 Å². The Hall–Kier alpha value is -1.10. The SMILES string of the molecule is Cl.O=C(NCC1CNCC1O)c1ccc(C2CCCCC2)cc1. The van der Waals surface area contributed by atoms with Crippen LogP contribution in [0.25, 0.3) is 0 Å². The van der Waals surface area contributed by atoms with Crippen LogP contribution in [0.3, 0.4) is 0 Å². The molecule has 23 heavy (non-hydrogen) atoms. The fourth-order valence-corrected chi connectivity index (χ4v) is 3.60. The Kier molecular flexibility index (Phi) is 6.88. The highest BCUT2D eigenvalue weighted by Crippen LogP contribution is 2.32. The monoisotopic (exact) mass is 338 g/mol. The van der Waals surface area contributed by atoms with Crippen molar-refractivity contribution in [2.75, 3.05) is 19.6 Å². The molecule has 3 N–H and O–H groups in total. The van der Waals surface area contributed by atoms with E-state index in [1.165, 1.54) is 37.7 Å². The summed E-state index contributed by atoms with van der Waals surface area (Å²) in [6.07, 6.45) is 6.21. The molecular formula is C18H27ClN2O2. The maximum absolute atomic E-state index is 12.2. The van der Waals surface area contributed by atoms with Crippen LogP contribution in [0.4, 0.5) is 0 Å². The molecule has 2 unspecified atom stereocenters. The summed E-state index contributed by atoms with van der Waals surface area (Å²) in [4.78, 5) is 12.2. The second kappa shape index (κ2) is 8.67. The molecule has 2 atom stereocenters. The first-order valence-electron chi connectivity index (χ1n) is 8.51. The topological polar surface area (TPSA) is 61.4 Å². The number of rotatable bonds is 4. The van der Waals surface area contributed by atoms with E-state index in [9.17, 15) is 9.90 Å². The number of aliphatic hydroxyl groups excluding tert-OH is 1. The Balaban J connectivity index is 0.00000192. The Bertz CT molecular complexity index is 500. The van der Waals surface area contributed by atoms with E-state index in [0.717, 1.165) is 6.54 Å². The van der Waals surface area contributed by atoms with Gasteiger partial charge in [0.1, 0.15) is 0 Å². The number of hydrogen-bond donors (Lipinski definition) is 3.